The predicted octanol–water partition coefficient (Wildman–Crippen LogP) is 3.03. The molecule has 3 rings (SSSR count). The molecule has 0 spiro atoms. The summed E-state index contributed by atoms with van der Waals surface area (Å²) in [5, 5.41) is 17.9. The number of rotatable bonds is 7. The molecule has 3 N–H and O–H groups in total. The maximum Gasteiger partial charge on any atom is 0.315 e. The van der Waals surface area contributed by atoms with Gasteiger partial charge in [0.15, 0.2) is 0 Å². The van der Waals surface area contributed by atoms with Gasteiger partial charge in [0.2, 0.25) is 0 Å². The van der Waals surface area contributed by atoms with Gasteiger partial charge < -0.3 is 15.6 Å². The van der Waals surface area contributed by atoms with Gasteiger partial charge in [0.25, 0.3) is 0 Å². The van der Waals surface area contributed by atoms with Gasteiger partial charge in [-0.3, -0.25) is 0 Å². The molecule has 0 unspecified atom stereocenters. The zero-order valence-electron chi connectivity index (χ0n) is 14.5. The van der Waals surface area contributed by atoms with E-state index in [0.29, 0.717) is 16.0 Å². The van der Waals surface area contributed by atoms with Crippen LogP contribution in [0.25, 0.3) is 5.69 Å². The van der Waals surface area contributed by atoms with Crippen LogP contribution in [0.1, 0.15) is 37.2 Å². The Labute approximate surface area is 165 Å². The first kappa shape index (κ1) is 19.1. The summed E-state index contributed by atoms with van der Waals surface area (Å²) in [7, 11) is 0. The highest BCUT2D eigenvalue weighted by molar-refractivity contribution is 6.30. The quantitative estimate of drug-likeness (QED) is 0.555. The average Bonchev–Trinajstić information content (AvgIpc) is 3.31. The van der Waals surface area contributed by atoms with E-state index in [2.05, 4.69) is 36.1 Å². The van der Waals surface area contributed by atoms with Crippen LogP contribution < -0.4 is 10.6 Å². The Bertz CT molecular complexity index is 896. The van der Waals surface area contributed by atoms with Crippen LogP contribution in [-0.2, 0) is 6.54 Å². The predicted molar refractivity (Wildman–Crippen MR) is 101 cm³/mol. The molecule has 0 radical (unpaired) electrons. The van der Waals surface area contributed by atoms with Gasteiger partial charge in [0.1, 0.15) is 17.3 Å². The molecule has 0 aliphatic heterocycles. The maximum atomic E-state index is 12.4. The summed E-state index contributed by atoms with van der Waals surface area (Å²) in [6.07, 6.45) is 4.60. The van der Waals surface area contributed by atoms with Crippen LogP contribution >= 0.6 is 23.2 Å². The Morgan fingerprint density at radius 1 is 1.37 bits per heavy atom. The van der Waals surface area contributed by atoms with E-state index in [0.717, 1.165) is 24.1 Å². The number of benzene rings is 1. The molecule has 2 heterocycles. The molecule has 27 heavy (non-hydrogen) atoms. The normalized spacial score (nSPS) is 12.0. The molecular weight excluding hydrogens is 391 g/mol. The van der Waals surface area contributed by atoms with Crippen LogP contribution in [0.5, 0.6) is 0 Å². The average molecular weight is 409 g/mol. The van der Waals surface area contributed by atoms with Crippen molar-refractivity contribution in [2.24, 2.45) is 0 Å². The fraction of sp³-hybridized carbons (Fsp3) is 0.312. The van der Waals surface area contributed by atoms with Crippen molar-refractivity contribution in [3.05, 3.63) is 52.3 Å². The zero-order chi connectivity index (χ0) is 19.2. The number of hydrogen-bond acceptors (Lipinski definition) is 5. The Hall–Kier alpha value is -2.65. The first-order chi connectivity index (χ1) is 13.1. The number of aromatic amines is 1. The summed E-state index contributed by atoms with van der Waals surface area (Å²) in [5.41, 5.74) is 1.51. The lowest BCUT2D eigenvalue weighted by atomic mass is 10.1. The number of tetrazole rings is 1. The number of hydrogen-bond donors (Lipinski definition) is 3. The second-order valence-electron chi connectivity index (χ2n) is 5.81. The first-order valence-electron chi connectivity index (χ1n) is 8.33. The maximum absolute atomic E-state index is 12.4. The summed E-state index contributed by atoms with van der Waals surface area (Å²) >= 11 is 12.0. The number of aromatic nitrogens is 6. The Kier molecular flexibility index (Phi) is 6.25. The highest BCUT2D eigenvalue weighted by atomic mass is 35.5. The smallest absolute Gasteiger partial charge is 0.315 e. The van der Waals surface area contributed by atoms with E-state index in [4.69, 9.17) is 23.2 Å². The number of nitrogens with zero attached hydrogens (tertiary/aromatic N) is 5. The molecule has 142 valence electrons. The topological polar surface area (TPSA) is 113 Å². The van der Waals surface area contributed by atoms with E-state index in [1.54, 1.807) is 18.2 Å². The molecule has 0 saturated carbocycles. The molecule has 9 nitrogen and oxygen atoms in total. The molecule has 1 atom stereocenters. The molecule has 3 aromatic rings. The first-order valence-corrected chi connectivity index (χ1v) is 9.09. The van der Waals surface area contributed by atoms with Crippen LogP contribution in [0.3, 0.4) is 0 Å². The molecule has 0 bridgehead atoms. The lowest BCUT2D eigenvalue weighted by molar-refractivity contribution is 0.235. The van der Waals surface area contributed by atoms with E-state index in [9.17, 15) is 4.79 Å². The summed E-state index contributed by atoms with van der Waals surface area (Å²) < 4.78 is 1.51. The Morgan fingerprint density at radius 3 is 2.89 bits per heavy atom. The number of halogens is 2. The standard InChI is InChI=1S/C16H18Cl2N8O/c1-2-3-12(15-19-8-14(18)23-15)22-16(27)20-7-10-6-11(17)4-5-13(10)26-9-21-24-25-26/h4-6,8-9,12H,2-3,7H2,1H3,(H,19,23)(H2,20,22,27)/t12-/m0/s1. The number of carbonyl (C=O) groups is 1. The van der Waals surface area contributed by atoms with Gasteiger partial charge in [0, 0.05) is 11.6 Å². The van der Waals surface area contributed by atoms with Crippen molar-refractivity contribution in [3.63, 3.8) is 0 Å². The third kappa shape index (κ3) is 4.95. The van der Waals surface area contributed by atoms with Gasteiger partial charge in [-0.05, 0) is 40.6 Å². The largest absolute Gasteiger partial charge is 0.334 e. The molecular formula is C16H18Cl2N8O. The Morgan fingerprint density at radius 2 is 2.22 bits per heavy atom. The third-order valence-electron chi connectivity index (χ3n) is 3.85. The van der Waals surface area contributed by atoms with Crippen LogP contribution in [0.4, 0.5) is 4.79 Å². The van der Waals surface area contributed by atoms with Gasteiger partial charge in [-0.1, -0.05) is 36.5 Å². The summed E-state index contributed by atoms with van der Waals surface area (Å²) in [6.45, 7) is 2.28. The molecule has 2 amide bonds. The van der Waals surface area contributed by atoms with E-state index in [-0.39, 0.29) is 18.6 Å². The van der Waals surface area contributed by atoms with E-state index in [1.807, 2.05) is 6.92 Å². The summed E-state index contributed by atoms with van der Waals surface area (Å²) in [6, 6.07) is 4.69. The van der Waals surface area contributed by atoms with Crippen molar-refractivity contribution < 1.29 is 4.79 Å². The Balaban J connectivity index is 1.67. The number of H-pyrrole nitrogens is 1. The van der Waals surface area contributed by atoms with Gasteiger partial charge in [-0.15, -0.1) is 5.10 Å². The van der Waals surface area contributed by atoms with Crippen molar-refractivity contribution in [2.75, 3.05) is 0 Å². The number of urea groups is 1. The fourth-order valence-electron chi connectivity index (χ4n) is 2.63. The van der Waals surface area contributed by atoms with Crippen molar-refractivity contribution in [3.8, 4) is 5.69 Å². The molecule has 2 aromatic heterocycles. The van der Waals surface area contributed by atoms with Crippen LogP contribution in [0.15, 0.2) is 30.7 Å². The van der Waals surface area contributed by atoms with E-state index >= 15 is 0 Å². The van der Waals surface area contributed by atoms with Crippen molar-refractivity contribution in [1.29, 1.82) is 0 Å². The van der Waals surface area contributed by atoms with Crippen LogP contribution in [-0.4, -0.2) is 36.2 Å². The highest BCUT2D eigenvalue weighted by Gasteiger charge is 2.17. The lowest BCUT2D eigenvalue weighted by Crippen LogP contribution is -2.38. The number of amides is 2. The van der Waals surface area contributed by atoms with Gasteiger partial charge in [0.05, 0.1) is 17.9 Å². The molecule has 0 fully saturated rings. The zero-order valence-corrected chi connectivity index (χ0v) is 16.0. The van der Waals surface area contributed by atoms with Crippen LogP contribution in [0.2, 0.25) is 10.2 Å². The van der Waals surface area contributed by atoms with Crippen LogP contribution in [0, 0.1) is 0 Å². The second-order valence-corrected chi connectivity index (χ2v) is 6.66. The van der Waals surface area contributed by atoms with Gasteiger partial charge in [-0.25, -0.2) is 14.5 Å². The molecule has 1 aromatic carbocycles. The number of imidazole rings is 1. The SMILES string of the molecule is CCC[C@H](NC(=O)NCc1cc(Cl)ccc1-n1cnnn1)c1ncc(Cl)[nH]1. The molecule has 11 heteroatoms. The summed E-state index contributed by atoms with van der Waals surface area (Å²) in [5.74, 6) is 0.620. The molecule has 0 saturated heterocycles. The molecule has 0 aliphatic carbocycles. The summed E-state index contributed by atoms with van der Waals surface area (Å²) in [4.78, 5) is 19.5. The fourth-order valence-corrected chi connectivity index (χ4v) is 2.97. The van der Waals surface area contributed by atoms with E-state index < -0.39 is 0 Å². The minimum atomic E-state index is -0.330. The molecule has 0 aliphatic rings. The van der Waals surface area contributed by atoms with Crippen molar-refractivity contribution >= 4 is 29.2 Å². The van der Waals surface area contributed by atoms with Gasteiger partial charge in [-0.2, -0.15) is 0 Å². The highest BCUT2D eigenvalue weighted by Crippen LogP contribution is 2.19. The second kappa shape index (κ2) is 8.83. The number of nitrogens with one attached hydrogen (secondary N) is 3. The third-order valence-corrected chi connectivity index (χ3v) is 4.28. The van der Waals surface area contributed by atoms with Crippen molar-refractivity contribution in [2.45, 2.75) is 32.4 Å². The monoisotopic (exact) mass is 408 g/mol. The minimum absolute atomic E-state index is 0.249. The number of carbonyl (C=O) groups excluding carboxylic acids is 1. The minimum Gasteiger partial charge on any atom is -0.334 e. The lowest BCUT2D eigenvalue weighted by Gasteiger charge is -2.17. The van der Waals surface area contributed by atoms with Crippen molar-refractivity contribution in [1.82, 2.24) is 40.8 Å². The van der Waals surface area contributed by atoms with E-state index in [1.165, 1.54) is 17.2 Å². The van der Waals surface area contributed by atoms with Gasteiger partial charge >= 0.3 is 6.03 Å².